The molecule has 0 aliphatic heterocycles. The molecule has 0 spiro atoms. The van der Waals surface area contributed by atoms with Crippen molar-refractivity contribution < 1.29 is 9.90 Å². The molecule has 0 aromatic carbocycles. The average Bonchev–Trinajstić information content (AvgIpc) is 2.35. The minimum absolute atomic E-state index is 0.0445. The van der Waals surface area contributed by atoms with Gasteiger partial charge in [-0.15, -0.1) is 11.8 Å². The number of nitrogens with zero attached hydrogens (tertiary/aromatic N) is 2. The molecule has 0 aliphatic carbocycles. The molecule has 1 heterocycles. The highest BCUT2D eigenvalue weighted by Crippen LogP contribution is 2.18. The third kappa shape index (κ3) is 2.74. The number of hydrogen-bond acceptors (Lipinski definition) is 4. The zero-order valence-electron chi connectivity index (χ0n) is 9.67. The van der Waals surface area contributed by atoms with Crippen LogP contribution in [-0.2, 0) is 0 Å². The molecule has 0 aliphatic rings. The summed E-state index contributed by atoms with van der Waals surface area (Å²) >= 11 is 1.44. The van der Waals surface area contributed by atoms with Gasteiger partial charge in [-0.2, -0.15) is 0 Å². The number of aliphatic hydroxyl groups excluding tert-OH is 1. The molecule has 1 aromatic rings. The standard InChI is InChI=1S/C11H16N2O2S/c1-8(7-14)13(2)11(15)9-5-4-6-12-10(9)16-3/h4-6,8,14H,7H2,1-3H3. The quantitative estimate of drug-likeness (QED) is 0.805. The van der Waals surface area contributed by atoms with Crippen LogP contribution in [0.2, 0.25) is 0 Å². The van der Waals surface area contributed by atoms with Crippen LogP contribution < -0.4 is 0 Å². The van der Waals surface area contributed by atoms with E-state index in [0.29, 0.717) is 10.6 Å². The second kappa shape index (κ2) is 5.86. The van der Waals surface area contributed by atoms with Gasteiger partial charge in [0.1, 0.15) is 5.03 Å². The summed E-state index contributed by atoms with van der Waals surface area (Å²) < 4.78 is 0. The third-order valence-electron chi connectivity index (χ3n) is 2.44. The van der Waals surface area contributed by atoms with Gasteiger partial charge in [-0.3, -0.25) is 4.79 Å². The first-order chi connectivity index (χ1) is 7.61. The van der Waals surface area contributed by atoms with Crippen molar-refractivity contribution in [3.05, 3.63) is 23.9 Å². The van der Waals surface area contributed by atoms with Crippen LogP contribution >= 0.6 is 11.8 Å². The molecule has 1 N–H and O–H groups in total. The van der Waals surface area contributed by atoms with Crippen LogP contribution in [0, 0.1) is 0 Å². The Bertz CT molecular complexity index is 371. The molecule has 0 bridgehead atoms. The molecule has 1 unspecified atom stereocenters. The first-order valence-corrected chi connectivity index (χ1v) is 6.21. The molecule has 0 saturated carbocycles. The highest BCUT2D eigenvalue weighted by molar-refractivity contribution is 7.98. The SMILES string of the molecule is CSc1ncccc1C(=O)N(C)C(C)CO. The minimum atomic E-state index is -0.192. The van der Waals surface area contributed by atoms with Gasteiger partial charge in [0.2, 0.25) is 0 Å². The Morgan fingerprint density at radius 1 is 1.69 bits per heavy atom. The van der Waals surface area contributed by atoms with Gasteiger partial charge in [-0.1, -0.05) is 0 Å². The number of pyridine rings is 1. The first-order valence-electron chi connectivity index (χ1n) is 4.98. The van der Waals surface area contributed by atoms with Crippen molar-refractivity contribution in [1.82, 2.24) is 9.88 Å². The van der Waals surface area contributed by atoms with Crippen molar-refractivity contribution in [2.24, 2.45) is 0 Å². The third-order valence-corrected chi connectivity index (χ3v) is 3.15. The van der Waals surface area contributed by atoms with E-state index in [2.05, 4.69) is 4.98 Å². The van der Waals surface area contributed by atoms with Gasteiger partial charge in [-0.25, -0.2) is 4.98 Å². The number of likely N-dealkylation sites (N-methyl/N-ethyl adjacent to an activating group) is 1. The fourth-order valence-electron chi connectivity index (χ4n) is 1.23. The number of hydrogen-bond donors (Lipinski definition) is 1. The summed E-state index contributed by atoms with van der Waals surface area (Å²) in [6, 6.07) is 3.30. The van der Waals surface area contributed by atoms with Gasteiger partial charge in [0.05, 0.1) is 18.2 Å². The van der Waals surface area contributed by atoms with Crippen molar-refractivity contribution in [2.75, 3.05) is 19.9 Å². The number of amides is 1. The van der Waals surface area contributed by atoms with E-state index in [4.69, 9.17) is 5.11 Å². The Morgan fingerprint density at radius 2 is 2.38 bits per heavy atom. The van der Waals surface area contributed by atoms with E-state index in [1.807, 2.05) is 6.26 Å². The van der Waals surface area contributed by atoms with Crippen molar-refractivity contribution in [2.45, 2.75) is 18.0 Å². The van der Waals surface area contributed by atoms with Crippen LogP contribution in [0.5, 0.6) is 0 Å². The highest BCUT2D eigenvalue weighted by atomic mass is 32.2. The molecule has 5 heteroatoms. The van der Waals surface area contributed by atoms with Gasteiger partial charge in [0.15, 0.2) is 0 Å². The lowest BCUT2D eigenvalue weighted by atomic mass is 10.2. The Morgan fingerprint density at radius 3 is 2.94 bits per heavy atom. The van der Waals surface area contributed by atoms with Gasteiger partial charge >= 0.3 is 0 Å². The number of rotatable bonds is 4. The predicted octanol–water partition coefficient (Wildman–Crippen LogP) is 1.26. The van der Waals surface area contributed by atoms with E-state index in [9.17, 15) is 4.79 Å². The lowest BCUT2D eigenvalue weighted by Gasteiger charge is -2.23. The smallest absolute Gasteiger partial charge is 0.256 e. The maximum Gasteiger partial charge on any atom is 0.256 e. The largest absolute Gasteiger partial charge is 0.394 e. The molecule has 4 nitrogen and oxygen atoms in total. The van der Waals surface area contributed by atoms with Crippen LogP contribution in [0.1, 0.15) is 17.3 Å². The fourth-order valence-corrected chi connectivity index (χ4v) is 1.77. The summed E-state index contributed by atoms with van der Waals surface area (Å²) in [7, 11) is 1.68. The fraction of sp³-hybridized carbons (Fsp3) is 0.455. The molecule has 0 fully saturated rings. The van der Waals surface area contributed by atoms with Gasteiger partial charge in [0.25, 0.3) is 5.91 Å². The van der Waals surface area contributed by atoms with E-state index < -0.39 is 0 Å². The monoisotopic (exact) mass is 240 g/mol. The minimum Gasteiger partial charge on any atom is -0.394 e. The molecule has 0 radical (unpaired) electrons. The van der Waals surface area contributed by atoms with Crippen molar-refractivity contribution in [1.29, 1.82) is 0 Å². The van der Waals surface area contributed by atoms with Crippen LogP contribution in [0.15, 0.2) is 23.4 Å². The van der Waals surface area contributed by atoms with Gasteiger partial charge in [0, 0.05) is 13.2 Å². The number of carbonyl (C=O) groups excluding carboxylic acids is 1. The molecular weight excluding hydrogens is 224 g/mol. The molecule has 1 amide bonds. The van der Waals surface area contributed by atoms with Crippen molar-refractivity contribution in [3.8, 4) is 0 Å². The van der Waals surface area contributed by atoms with Crippen LogP contribution in [0.25, 0.3) is 0 Å². The van der Waals surface area contributed by atoms with E-state index in [1.165, 1.54) is 16.7 Å². The topological polar surface area (TPSA) is 53.4 Å². The highest BCUT2D eigenvalue weighted by Gasteiger charge is 2.19. The molecular formula is C11H16N2O2S. The summed E-state index contributed by atoms with van der Waals surface area (Å²) in [5.74, 6) is -0.112. The zero-order valence-corrected chi connectivity index (χ0v) is 10.5. The van der Waals surface area contributed by atoms with Crippen molar-refractivity contribution >= 4 is 17.7 Å². The number of thioether (sulfide) groups is 1. The zero-order chi connectivity index (χ0) is 12.1. The molecule has 1 rings (SSSR count). The summed E-state index contributed by atoms with van der Waals surface area (Å²) in [5, 5.41) is 9.73. The lowest BCUT2D eigenvalue weighted by molar-refractivity contribution is 0.0678. The number of aromatic nitrogens is 1. The number of aliphatic hydroxyl groups is 1. The maximum absolute atomic E-state index is 12.1. The Labute approximate surface area is 99.7 Å². The first kappa shape index (κ1) is 13.0. The summed E-state index contributed by atoms with van der Waals surface area (Å²) in [6.45, 7) is 1.75. The second-order valence-electron chi connectivity index (χ2n) is 3.51. The predicted molar refractivity (Wildman–Crippen MR) is 64.7 cm³/mol. The van der Waals surface area contributed by atoms with Crippen molar-refractivity contribution in [3.63, 3.8) is 0 Å². The maximum atomic E-state index is 12.1. The molecule has 88 valence electrons. The summed E-state index contributed by atoms with van der Waals surface area (Å²) in [4.78, 5) is 17.7. The molecule has 0 saturated heterocycles. The van der Waals surface area contributed by atoms with Gasteiger partial charge < -0.3 is 10.0 Å². The van der Waals surface area contributed by atoms with E-state index >= 15 is 0 Å². The molecule has 1 aromatic heterocycles. The Hall–Kier alpha value is -1.07. The second-order valence-corrected chi connectivity index (χ2v) is 4.30. The molecule has 1 atom stereocenters. The summed E-state index contributed by atoms with van der Waals surface area (Å²) in [5.41, 5.74) is 0.581. The average molecular weight is 240 g/mol. The Balaban J connectivity index is 2.95. The van der Waals surface area contributed by atoms with E-state index in [-0.39, 0.29) is 18.6 Å². The summed E-state index contributed by atoms with van der Waals surface area (Å²) in [6.07, 6.45) is 3.55. The van der Waals surface area contributed by atoms with Gasteiger partial charge in [-0.05, 0) is 25.3 Å². The van der Waals surface area contributed by atoms with Crippen LogP contribution in [0.4, 0.5) is 0 Å². The normalized spacial score (nSPS) is 12.2. The number of carbonyl (C=O) groups is 1. The Kier molecular flexibility index (Phi) is 4.76. The molecule has 16 heavy (non-hydrogen) atoms. The van der Waals surface area contributed by atoms with E-state index in [1.54, 1.807) is 32.3 Å². The lowest BCUT2D eigenvalue weighted by Crippen LogP contribution is -2.37. The van der Waals surface area contributed by atoms with E-state index in [0.717, 1.165) is 0 Å². The van der Waals surface area contributed by atoms with Crippen LogP contribution in [-0.4, -0.2) is 46.8 Å². The van der Waals surface area contributed by atoms with Crippen LogP contribution in [0.3, 0.4) is 0 Å².